The van der Waals surface area contributed by atoms with Crippen LogP contribution < -0.4 is 10.2 Å². The molecule has 0 unspecified atom stereocenters. The first-order valence-electron chi connectivity index (χ1n) is 12.5. The number of likely N-dealkylation sites (N-methyl/N-ethyl adjacent to an activating group) is 1. The zero-order valence-corrected chi connectivity index (χ0v) is 20.8. The quantitative estimate of drug-likeness (QED) is 0.543. The van der Waals surface area contributed by atoms with Crippen LogP contribution in [0, 0.1) is 5.92 Å². The van der Waals surface area contributed by atoms with E-state index in [0.717, 1.165) is 68.2 Å². The van der Waals surface area contributed by atoms with Gasteiger partial charge in [0, 0.05) is 66.1 Å². The van der Waals surface area contributed by atoms with E-state index in [1.54, 1.807) is 6.07 Å². The molecule has 1 saturated carbocycles. The molecule has 3 heterocycles. The van der Waals surface area contributed by atoms with Gasteiger partial charge in [-0.05, 0) is 62.1 Å². The topological polar surface area (TPSA) is 81.3 Å². The first-order valence-corrected chi connectivity index (χ1v) is 12.9. The van der Waals surface area contributed by atoms with Gasteiger partial charge in [0.2, 0.25) is 5.91 Å². The standard InChI is InChI=1S/C27H32ClN5O2/c1-32(27(35)18-10-14-33(15-11-18)21-8-12-29-13-9-21)25-5-3-2-4-23(25)31-26(34)24-17-19-16-20(28)6-7-22(19)30-24/h6-9,12-13,16-18,23,25,30H,2-5,10-11,14-15H2,1H3,(H,31,34)/t23-,25+/m0/s1. The number of aromatic nitrogens is 2. The summed E-state index contributed by atoms with van der Waals surface area (Å²) in [7, 11) is 1.91. The minimum atomic E-state index is -0.138. The summed E-state index contributed by atoms with van der Waals surface area (Å²) >= 11 is 6.09. The second-order valence-corrected chi connectivity index (χ2v) is 10.2. The van der Waals surface area contributed by atoms with E-state index in [1.807, 2.05) is 54.7 Å². The Bertz CT molecular complexity index is 1190. The lowest BCUT2D eigenvalue weighted by Crippen LogP contribution is -2.55. The molecule has 0 bridgehead atoms. The van der Waals surface area contributed by atoms with Gasteiger partial charge in [0.15, 0.2) is 0 Å². The Morgan fingerprint density at radius 3 is 2.57 bits per heavy atom. The molecule has 0 spiro atoms. The average molecular weight is 494 g/mol. The summed E-state index contributed by atoms with van der Waals surface area (Å²) in [6, 6.07) is 11.4. The summed E-state index contributed by atoms with van der Waals surface area (Å²) in [6.07, 6.45) is 9.20. The molecule has 2 aliphatic rings. The van der Waals surface area contributed by atoms with Crippen LogP contribution in [0.25, 0.3) is 10.9 Å². The summed E-state index contributed by atoms with van der Waals surface area (Å²) in [4.78, 5) is 38.1. The van der Waals surface area contributed by atoms with Gasteiger partial charge in [-0.15, -0.1) is 0 Å². The van der Waals surface area contributed by atoms with Crippen molar-refractivity contribution in [3.8, 4) is 0 Å². The molecule has 1 aliphatic carbocycles. The van der Waals surface area contributed by atoms with Crippen LogP contribution in [0.15, 0.2) is 48.8 Å². The van der Waals surface area contributed by atoms with Crippen LogP contribution >= 0.6 is 11.6 Å². The summed E-state index contributed by atoms with van der Waals surface area (Å²) in [5, 5.41) is 4.77. The van der Waals surface area contributed by atoms with Crippen molar-refractivity contribution < 1.29 is 9.59 Å². The molecular formula is C27H32ClN5O2. The molecule has 2 amide bonds. The molecule has 2 fully saturated rings. The highest BCUT2D eigenvalue weighted by atomic mass is 35.5. The van der Waals surface area contributed by atoms with Gasteiger partial charge >= 0.3 is 0 Å². The molecule has 2 aromatic heterocycles. The predicted molar refractivity (Wildman–Crippen MR) is 139 cm³/mol. The number of nitrogens with one attached hydrogen (secondary N) is 2. The summed E-state index contributed by atoms with van der Waals surface area (Å²) < 4.78 is 0. The van der Waals surface area contributed by atoms with Gasteiger partial charge in [-0.1, -0.05) is 24.4 Å². The molecule has 7 nitrogen and oxygen atoms in total. The van der Waals surface area contributed by atoms with Gasteiger partial charge in [0.1, 0.15) is 5.69 Å². The number of carbonyl (C=O) groups excluding carboxylic acids is 2. The number of hydrogen-bond acceptors (Lipinski definition) is 4. The second-order valence-electron chi connectivity index (χ2n) is 9.76. The molecule has 1 aliphatic heterocycles. The van der Waals surface area contributed by atoms with E-state index >= 15 is 0 Å². The van der Waals surface area contributed by atoms with E-state index in [9.17, 15) is 9.59 Å². The van der Waals surface area contributed by atoms with Gasteiger partial charge in [-0.3, -0.25) is 14.6 Å². The highest BCUT2D eigenvalue weighted by Gasteiger charge is 2.35. The first kappa shape index (κ1) is 23.7. The number of halogens is 1. The maximum atomic E-state index is 13.5. The van der Waals surface area contributed by atoms with E-state index in [2.05, 4.69) is 20.2 Å². The summed E-state index contributed by atoms with van der Waals surface area (Å²) in [5.41, 5.74) is 2.56. The number of amides is 2. The smallest absolute Gasteiger partial charge is 0.268 e. The molecule has 2 N–H and O–H groups in total. The van der Waals surface area contributed by atoms with Gasteiger partial charge in [0.05, 0.1) is 6.04 Å². The van der Waals surface area contributed by atoms with Crippen molar-refractivity contribution in [1.82, 2.24) is 20.2 Å². The maximum Gasteiger partial charge on any atom is 0.268 e. The van der Waals surface area contributed by atoms with E-state index < -0.39 is 0 Å². The Hall–Kier alpha value is -3.06. The van der Waals surface area contributed by atoms with Gasteiger partial charge in [0.25, 0.3) is 5.91 Å². The Labute approximate surface area is 210 Å². The summed E-state index contributed by atoms with van der Waals surface area (Å²) in [5.74, 6) is 0.0846. The van der Waals surface area contributed by atoms with Crippen LogP contribution in [0.3, 0.4) is 0 Å². The Kier molecular flexibility index (Phi) is 6.95. The molecule has 5 rings (SSSR count). The van der Waals surface area contributed by atoms with Crippen molar-refractivity contribution in [2.45, 2.75) is 50.6 Å². The molecule has 1 saturated heterocycles. The zero-order chi connectivity index (χ0) is 24.4. The van der Waals surface area contributed by atoms with Crippen molar-refractivity contribution in [3.05, 3.63) is 59.5 Å². The Morgan fingerprint density at radius 2 is 1.80 bits per heavy atom. The third-order valence-corrected chi connectivity index (χ3v) is 7.83. The summed E-state index contributed by atoms with van der Waals surface area (Å²) in [6.45, 7) is 1.73. The zero-order valence-electron chi connectivity index (χ0n) is 20.0. The van der Waals surface area contributed by atoms with Crippen molar-refractivity contribution in [1.29, 1.82) is 0 Å². The van der Waals surface area contributed by atoms with Crippen molar-refractivity contribution in [2.75, 3.05) is 25.0 Å². The van der Waals surface area contributed by atoms with Crippen LogP contribution in [0.5, 0.6) is 0 Å². The number of benzene rings is 1. The Balaban J connectivity index is 1.22. The minimum absolute atomic E-state index is 0.0113. The lowest BCUT2D eigenvalue weighted by molar-refractivity contribution is -0.138. The molecular weight excluding hydrogens is 462 g/mol. The van der Waals surface area contributed by atoms with Crippen molar-refractivity contribution in [3.63, 3.8) is 0 Å². The van der Waals surface area contributed by atoms with E-state index in [0.29, 0.717) is 10.7 Å². The van der Waals surface area contributed by atoms with Gasteiger partial charge < -0.3 is 20.1 Å². The monoisotopic (exact) mass is 493 g/mol. The first-order chi connectivity index (χ1) is 17.0. The fourth-order valence-electron chi connectivity index (χ4n) is 5.61. The lowest BCUT2D eigenvalue weighted by atomic mass is 9.87. The predicted octanol–water partition coefficient (Wildman–Crippen LogP) is 4.63. The third-order valence-electron chi connectivity index (χ3n) is 7.59. The molecule has 35 heavy (non-hydrogen) atoms. The second kappa shape index (κ2) is 10.3. The van der Waals surface area contributed by atoms with E-state index in [4.69, 9.17) is 11.6 Å². The highest BCUT2D eigenvalue weighted by molar-refractivity contribution is 6.31. The maximum absolute atomic E-state index is 13.5. The number of rotatable bonds is 5. The molecule has 184 valence electrons. The number of anilines is 1. The Morgan fingerprint density at radius 1 is 1.06 bits per heavy atom. The number of pyridine rings is 1. The number of H-pyrrole nitrogens is 1. The van der Waals surface area contributed by atoms with Crippen LogP contribution in [0.2, 0.25) is 5.02 Å². The molecule has 3 aromatic rings. The number of carbonyl (C=O) groups is 2. The average Bonchev–Trinajstić information content (AvgIpc) is 3.32. The SMILES string of the molecule is CN(C(=O)C1CCN(c2ccncc2)CC1)[C@@H]1CCCC[C@@H]1NC(=O)c1cc2cc(Cl)ccc2[nH]1. The molecule has 2 atom stereocenters. The highest BCUT2D eigenvalue weighted by Crippen LogP contribution is 2.28. The largest absolute Gasteiger partial charge is 0.371 e. The number of aromatic amines is 1. The number of fused-ring (bicyclic) bond motifs is 1. The van der Waals surface area contributed by atoms with Crippen LogP contribution in [-0.2, 0) is 4.79 Å². The third kappa shape index (κ3) is 5.15. The van der Waals surface area contributed by atoms with Gasteiger partial charge in [-0.25, -0.2) is 0 Å². The molecule has 8 heteroatoms. The lowest BCUT2D eigenvalue weighted by Gasteiger charge is -2.41. The number of nitrogens with zero attached hydrogens (tertiary/aromatic N) is 3. The fourth-order valence-corrected chi connectivity index (χ4v) is 5.79. The molecule has 0 radical (unpaired) electrons. The van der Waals surface area contributed by atoms with Crippen LogP contribution in [-0.4, -0.2) is 58.9 Å². The van der Waals surface area contributed by atoms with Crippen molar-refractivity contribution in [2.24, 2.45) is 5.92 Å². The fraction of sp³-hybridized carbons (Fsp3) is 0.444. The number of piperidine rings is 1. The van der Waals surface area contributed by atoms with Crippen LogP contribution in [0.1, 0.15) is 49.0 Å². The van der Waals surface area contributed by atoms with Crippen LogP contribution in [0.4, 0.5) is 5.69 Å². The van der Waals surface area contributed by atoms with Crippen molar-refractivity contribution >= 4 is 40.0 Å². The van der Waals surface area contributed by atoms with Gasteiger partial charge in [-0.2, -0.15) is 0 Å². The molecule has 1 aromatic carbocycles. The van der Waals surface area contributed by atoms with E-state index in [1.165, 1.54) is 0 Å². The van der Waals surface area contributed by atoms with E-state index in [-0.39, 0.29) is 29.8 Å². The number of hydrogen-bond donors (Lipinski definition) is 2. The normalized spacial score (nSPS) is 21.1. The minimum Gasteiger partial charge on any atom is -0.371 e.